The third kappa shape index (κ3) is 5.20. The van der Waals surface area contributed by atoms with Crippen LogP contribution in [0.3, 0.4) is 0 Å². The Hall–Kier alpha value is -4.39. The summed E-state index contributed by atoms with van der Waals surface area (Å²) in [5.74, 6) is 0.560. The average molecular weight is 426 g/mol. The van der Waals surface area contributed by atoms with Gasteiger partial charge in [0.05, 0.1) is 5.69 Å². The number of carbonyl (C=O) groups is 2. The molecule has 3 aromatic carbocycles. The first-order chi connectivity index (χ1) is 15.6. The van der Waals surface area contributed by atoms with Gasteiger partial charge in [0.15, 0.2) is 5.69 Å². The Kier molecular flexibility index (Phi) is 6.27. The number of amides is 2. The van der Waals surface area contributed by atoms with Gasteiger partial charge in [0, 0.05) is 18.7 Å². The number of hydrogen-bond acceptors (Lipinski definition) is 4. The zero-order valence-corrected chi connectivity index (χ0v) is 17.5. The predicted molar refractivity (Wildman–Crippen MR) is 123 cm³/mol. The number of nitrogens with one attached hydrogen (secondary N) is 2. The smallest absolute Gasteiger partial charge is 0.276 e. The van der Waals surface area contributed by atoms with Gasteiger partial charge in [-0.25, -0.2) is 4.68 Å². The lowest BCUT2D eigenvalue weighted by molar-refractivity contribution is -0.114. The highest BCUT2D eigenvalue weighted by atomic mass is 16.5. The number of anilines is 2. The second kappa shape index (κ2) is 9.61. The summed E-state index contributed by atoms with van der Waals surface area (Å²) in [6, 6.07) is 27.8. The van der Waals surface area contributed by atoms with Crippen molar-refractivity contribution in [1.82, 2.24) is 9.78 Å². The van der Waals surface area contributed by atoms with Crippen LogP contribution in [0, 0.1) is 0 Å². The van der Waals surface area contributed by atoms with Crippen molar-refractivity contribution < 1.29 is 14.3 Å². The van der Waals surface area contributed by atoms with Crippen molar-refractivity contribution in [2.75, 3.05) is 10.6 Å². The summed E-state index contributed by atoms with van der Waals surface area (Å²) < 4.78 is 7.30. The maximum absolute atomic E-state index is 12.9. The van der Waals surface area contributed by atoms with Crippen molar-refractivity contribution in [3.63, 3.8) is 0 Å². The molecule has 0 saturated carbocycles. The standard InChI is InChI=1S/C25H22N4O3/c1-18(30)26-24-16-23(28-29(24)21-11-4-2-5-12-21)25(31)27-20-10-8-9-19(15-20)17-32-22-13-6-3-7-14-22/h2-16H,17H2,1H3,(H,26,30)(H,27,31). The Morgan fingerprint density at radius 2 is 1.59 bits per heavy atom. The molecule has 0 atom stereocenters. The third-order valence-electron chi connectivity index (χ3n) is 4.58. The Bertz CT molecular complexity index is 1220. The van der Waals surface area contributed by atoms with Gasteiger partial charge >= 0.3 is 0 Å². The van der Waals surface area contributed by atoms with Crippen LogP contribution in [0.5, 0.6) is 5.75 Å². The molecule has 0 aliphatic heterocycles. The maximum Gasteiger partial charge on any atom is 0.276 e. The number of benzene rings is 3. The lowest BCUT2D eigenvalue weighted by Gasteiger charge is -2.08. The minimum atomic E-state index is -0.382. The Morgan fingerprint density at radius 3 is 2.31 bits per heavy atom. The third-order valence-corrected chi connectivity index (χ3v) is 4.58. The normalized spacial score (nSPS) is 10.4. The van der Waals surface area contributed by atoms with Gasteiger partial charge in [-0.15, -0.1) is 0 Å². The van der Waals surface area contributed by atoms with Gasteiger partial charge in [0.2, 0.25) is 5.91 Å². The van der Waals surface area contributed by atoms with Crippen LogP contribution in [0.25, 0.3) is 5.69 Å². The van der Waals surface area contributed by atoms with Gasteiger partial charge in [-0.2, -0.15) is 5.10 Å². The van der Waals surface area contributed by atoms with Gasteiger partial charge in [0.25, 0.3) is 5.91 Å². The fraction of sp³-hybridized carbons (Fsp3) is 0.0800. The molecular formula is C25H22N4O3. The van der Waals surface area contributed by atoms with E-state index >= 15 is 0 Å². The summed E-state index contributed by atoms with van der Waals surface area (Å²) in [6.45, 7) is 1.79. The number of aromatic nitrogens is 2. The monoisotopic (exact) mass is 426 g/mol. The Balaban J connectivity index is 1.50. The quantitative estimate of drug-likeness (QED) is 0.450. The zero-order valence-electron chi connectivity index (χ0n) is 17.5. The number of rotatable bonds is 7. The molecule has 0 bridgehead atoms. The lowest BCUT2D eigenvalue weighted by atomic mass is 10.2. The summed E-state index contributed by atoms with van der Waals surface area (Å²) in [6.07, 6.45) is 0. The van der Waals surface area contributed by atoms with E-state index in [1.54, 1.807) is 12.1 Å². The highest BCUT2D eigenvalue weighted by Crippen LogP contribution is 2.19. The summed E-state index contributed by atoms with van der Waals surface area (Å²) >= 11 is 0. The van der Waals surface area contributed by atoms with E-state index in [2.05, 4.69) is 15.7 Å². The van der Waals surface area contributed by atoms with Crippen LogP contribution in [0.15, 0.2) is 91.0 Å². The van der Waals surface area contributed by atoms with E-state index in [1.165, 1.54) is 11.6 Å². The van der Waals surface area contributed by atoms with Crippen LogP contribution in [-0.2, 0) is 11.4 Å². The molecule has 7 nitrogen and oxygen atoms in total. The molecule has 0 saturated heterocycles. The van der Waals surface area contributed by atoms with Crippen molar-refractivity contribution in [2.24, 2.45) is 0 Å². The molecule has 0 unspecified atom stereocenters. The predicted octanol–water partition coefficient (Wildman–Crippen LogP) is 4.66. The topological polar surface area (TPSA) is 85.2 Å². The minimum absolute atomic E-state index is 0.184. The van der Waals surface area contributed by atoms with Crippen LogP contribution >= 0.6 is 0 Å². The molecule has 1 aromatic heterocycles. The van der Waals surface area contributed by atoms with Gasteiger partial charge in [-0.05, 0) is 42.0 Å². The number of carbonyl (C=O) groups excluding carboxylic acids is 2. The second-order valence-corrected chi connectivity index (χ2v) is 7.10. The minimum Gasteiger partial charge on any atom is -0.489 e. The van der Waals surface area contributed by atoms with Crippen molar-refractivity contribution in [2.45, 2.75) is 13.5 Å². The Labute approximate surface area is 185 Å². The van der Waals surface area contributed by atoms with E-state index in [9.17, 15) is 9.59 Å². The summed E-state index contributed by atoms with van der Waals surface area (Å²) in [5.41, 5.74) is 2.46. The first-order valence-electron chi connectivity index (χ1n) is 10.1. The van der Waals surface area contributed by atoms with Crippen LogP contribution in [0.1, 0.15) is 23.0 Å². The highest BCUT2D eigenvalue weighted by Gasteiger charge is 2.16. The number of nitrogens with zero attached hydrogens (tertiary/aromatic N) is 2. The van der Waals surface area contributed by atoms with E-state index in [0.717, 1.165) is 17.0 Å². The van der Waals surface area contributed by atoms with Crippen molar-refractivity contribution in [3.8, 4) is 11.4 Å². The average Bonchev–Trinajstić information content (AvgIpc) is 3.22. The first-order valence-corrected chi connectivity index (χ1v) is 10.1. The van der Waals surface area contributed by atoms with E-state index in [0.29, 0.717) is 18.1 Å². The molecule has 4 rings (SSSR count). The fourth-order valence-corrected chi connectivity index (χ4v) is 3.14. The van der Waals surface area contributed by atoms with Gasteiger partial charge in [-0.1, -0.05) is 48.5 Å². The van der Waals surface area contributed by atoms with Gasteiger partial charge < -0.3 is 15.4 Å². The molecule has 0 radical (unpaired) electrons. The van der Waals surface area contributed by atoms with E-state index in [1.807, 2.05) is 78.9 Å². The molecule has 2 amide bonds. The molecular weight excluding hydrogens is 404 g/mol. The number of hydrogen-bond donors (Lipinski definition) is 2. The molecule has 4 aromatic rings. The number of para-hydroxylation sites is 2. The van der Waals surface area contributed by atoms with E-state index < -0.39 is 0 Å². The van der Waals surface area contributed by atoms with Crippen molar-refractivity contribution >= 4 is 23.3 Å². The highest BCUT2D eigenvalue weighted by molar-refractivity contribution is 6.04. The van der Waals surface area contributed by atoms with Crippen molar-refractivity contribution in [3.05, 3.63) is 102 Å². The van der Waals surface area contributed by atoms with Gasteiger partial charge in [0.1, 0.15) is 18.2 Å². The molecule has 160 valence electrons. The second-order valence-electron chi connectivity index (χ2n) is 7.10. The van der Waals surface area contributed by atoms with Crippen LogP contribution in [0.2, 0.25) is 0 Å². The Morgan fingerprint density at radius 1 is 0.875 bits per heavy atom. The molecule has 7 heteroatoms. The molecule has 1 heterocycles. The van der Waals surface area contributed by atoms with E-state index in [4.69, 9.17) is 4.74 Å². The van der Waals surface area contributed by atoms with Crippen LogP contribution in [0.4, 0.5) is 11.5 Å². The molecule has 0 spiro atoms. The zero-order chi connectivity index (χ0) is 22.3. The molecule has 32 heavy (non-hydrogen) atoms. The summed E-state index contributed by atoms with van der Waals surface area (Å²) in [7, 11) is 0. The number of ether oxygens (including phenoxy) is 1. The van der Waals surface area contributed by atoms with E-state index in [-0.39, 0.29) is 17.5 Å². The largest absolute Gasteiger partial charge is 0.489 e. The molecule has 0 aliphatic rings. The molecule has 0 aliphatic carbocycles. The van der Waals surface area contributed by atoms with Crippen LogP contribution < -0.4 is 15.4 Å². The summed E-state index contributed by atoms with van der Waals surface area (Å²) in [4.78, 5) is 24.5. The SMILES string of the molecule is CC(=O)Nc1cc(C(=O)Nc2cccc(COc3ccccc3)c2)nn1-c1ccccc1. The molecule has 2 N–H and O–H groups in total. The lowest BCUT2D eigenvalue weighted by Crippen LogP contribution is -2.13. The maximum atomic E-state index is 12.9. The van der Waals surface area contributed by atoms with Gasteiger partial charge in [-0.3, -0.25) is 9.59 Å². The van der Waals surface area contributed by atoms with Crippen LogP contribution in [-0.4, -0.2) is 21.6 Å². The molecule has 0 fully saturated rings. The van der Waals surface area contributed by atoms with Crippen molar-refractivity contribution in [1.29, 1.82) is 0 Å². The fourth-order valence-electron chi connectivity index (χ4n) is 3.14. The first kappa shape index (κ1) is 20.9. The summed E-state index contributed by atoms with van der Waals surface area (Å²) in [5, 5.41) is 9.97.